The van der Waals surface area contributed by atoms with Crippen molar-refractivity contribution in [1.82, 2.24) is 29.1 Å². The van der Waals surface area contributed by atoms with Crippen molar-refractivity contribution in [1.29, 1.82) is 5.26 Å². The van der Waals surface area contributed by atoms with E-state index in [1.54, 1.807) is 46.9 Å². The number of imidazole rings is 1. The second-order valence-electron chi connectivity index (χ2n) is 6.13. The minimum absolute atomic E-state index is 0.208. The lowest BCUT2D eigenvalue weighted by Crippen LogP contribution is -2.17. The summed E-state index contributed by atoms with van der Waals surface area (Å²) in [5.41, 5.74) is 2.90. The molecule has 0 amide bonds. The number of hydrogen-bond acceptors (Lipinski definition) is 6. The molecule has 0 radical (unpaired) electrons. The number of H-pyrrole nitrogens is 1. The van der Waals surface area contributed by atoms with Crippen LogP contribution in [0, 0.1) is 11.3 Å². The summed E-state index contributed by atoms with van der Waals surface area (Å²) in [6, 6.07) is 5.55. The summed E-state index contributed by atoms with van der Waals surface area (Å²) in [5.74, 6) is 0.456. The number of aromatic amines is 1. The molecule has 0 aliphatic rings. The monoisotopic (exact) mass is 363 g/mol. The van der Waals surface area contributed by atoms with Crippen LogP contribution in [0.25, 0.3) is 28.1 Å². The summed E-state index contributed by atoms with van der Waals surface area (Å²) in [6.07, 6.45) is 6.65. The molecule has 27 heavy (non-hydrogen) atoms. The maximum atomic E-state index is 12.3. The number of unbranched alkanes of at least 4 members (excludes halogenated alkanes) is 1. The number of aryl methyl sites for hydroxylation is 1. The van der Waals surface area contributed by atoms with Gasteiger partial charge in [0.05, 0.1) is 35.1 Å². The van der Waals surface area contributed by atoms with E-state index in [0.29, 0.717) is 41.3 Å². The minimum Gasteiger partial charge on any atom is -0.385 e. The van der Waals surface area contributed by atoms with Gasteiger partial charge in [-0.05, 0) is 25.0 Å². The molecule has 0 atom stereocenters. The molecule has 0 bridgehead atoms. The predicted molar refractivity (Wildman–Crippen MR) is 98.2 cm³/mol. The summed E-state index contributed by atoms with van der Waals surface area (Å²) in [4.78, 5) is 24.0. The molecule has 4 rings (SSSR count). The van der Waals surface area contributed by atoms with E-state index in [4.69, 9.17) is 10.00 Å². The Balaban J connectivity index is 1.77. The number of aromatic nitrogens is 6. The lowest BCUT2D eigenvalue weighted by molar-refractivity contribution is 0.191. The topological polar surface area (TPSA) is 114 Å². The molecule has 1 N–H and O–H groups in total. The first-order valence-electron chi connectivity index (χ1n) is 8.53. The van der Waals surface area contributed by atoms with E-state index < -0.39 is 0 Å². The van der Waals surface area contributed by atoms with Crippen LogP contribution in [-0.2, 0) is 11.3 Å². The third kappa shape index (κ3) is 3.07. The second kappa shape index (κ2) is 7.01. The highest BCUT2D eigenvalue weighted by Gasteiger charge is 2.14. The van der Waals surface area contributed by atoms with E-state index in [1.807, 2.05) is 0 Å². The molecule has 0 aromatic carbocycles. The predicted octanol–water partition coefficient (Wildman–Crippen LogP) is 1.73. The number of rotatable bonds is 6. The van der Waals surface area contributed by atoms with E-state index in [1.165, 1.54) is 0 Å². The van der Waals surface area contributed by atoms with Crippen LogP contribution in [0.15, 0.2) is 35.5 Å². The average Bonchev–Trinajstić information content (AvgIpc) is 3.24. The summed E-state index contributed by atoms with van der Waals surface area (Å²) < 4.78 is 8.33. The zero-order valence-electron chi connectivity index (χ0n) is 14.7. The van der Waals surface area contributed by atoms with Crippen LogP contribution in [-0.4, -0.2) is 42.8 Å². The molecule has 0 aliphatic heterocycles. The van der Waals surface area contributed by atoms with Crippen LogP contribution in [0.3, 0.4) is 0 Å². The number of nitrogens with zero attached hydrogens (tertiary/aromatic N) is 6. The quantitative estimate of drug-likeness (QED) is 0.522. The Morgan fingerprint density at radius 3 is 3.04 bits per heavy atom. The van der Waals surface area contributed by atoms with Gasteiger partial charge in [0.1, 0.15) is 5.52 Å². The molecule has 9 nitrogen and oxygen atoms in total. The van der Waals surface area contributed by atoms with Crippen molar-refractivity contribution in [2.45, 2.75) is 19.4 Å². The summed E-state index contributed by atoms with van der Waals surface area (Å²) in [5, 5.41) is 13.4. The fraction of sp³-hybridized carbons (Fsp3) is 0.278. The van der Waals surface area contributed by atoms with Crippen molar-refractivity contribution < 1.29 is 4.74 Å². The molecular weight excluding hydrogens is 346 g/mol. The van der Waals surface area contributed by atoms with Gasteiger partial charge in [-0.25, -0.2) is 19.3 Å². The second-order valence-corrected chi connectivity index (χ2v) is 6.13. The molecule has 4 heterocycles. The molecule has 4 aromatic heterocycles. The van der Waals surface area contributed by atoms with Crippen molar-refractivity contribution in [2.24, 2.45) is 0 Å². The van der Waals surface area contributed by atoms with Crippen LogP contribution < -0.4 is 5.69 Å². The van der Waals surface area contributed by atoms with E-state index >= 15 is 0 Å². The fourth-order valence-corrected chi connectivity index (χ4v) is 3.02. The molecule has 0 fully saturated rings. The number of methoxy groups -OCH3 is 1. The Bertz CT molecular complexity index is 1210. The molecule has 0 unspecified atom stereocenters. The average molecular weight is 363 g/mol. The minimum atomic E-state index is -0.208. The summed E-state index contributed by atoms with van der Waals surface area (Å²) >= 11 is 0. The zero-order chi connectivity index (χ0) is 18.8. The highest BCUT2D eigenvalue weighted by Crippen LogP contribution is 2.23. The Labute approximate surface area is 153 Å². The maximum absolute atomic E-state index is 12.3. The van der Waals surface area contributed by atoms with Gasteiger partial charge in [-0.15, -0.1) is 0 Å². The van der Waals surface area contributed by atoms with Crippen LogP contribution in [0.5, 0.6) is 0 Å². The normalized spacial score (nSPS) is 11.3. The van der Waals surface area contributed by atoms with Gasteiger partial charge in [0.15, 0.2) is 11.5 Å². The van der Waals surface area contributed by atoms with E-state index in [-0.39, 0.29) is 5.69 Å². The van der Waals surface area contributed by atoms with Gasteiger partial charge < -0.3 is 9.72 Å². The number of nitrogens with one attached hydrogen (secondary N) is 1. The lowest BCUT2D eigenvalue weighted by atomic mass is 10.2. The molecule has 0 spiro atoms. The number of fused-ring (bicyclic) bond motifs is 2. The molecule has 4 aromatic rings. The van der Waals surface area contributed by atoms with Crippen LogP contribution in [0.1, 0.15) is 18.4 Å². The SMILES string of the molecule is COCCCCn1c(=O)[nH]c2cnc(-c3cnn4ccc(C#N)cc34)nc21. The van der Waals surface area contributed by atoms with Crippen molar-refractivity contribution in [3.63, 3.8) is 0 Å². The standard InChI is InChI=1S/C18H17N7O2/c1-27-7-3-2-5-24-17-14(22-18(24)26)11-20-16(23-17)13-10-21-25-6-4-12(9-19)8-15(13)25/h4,6,8,10-11H,2-3,5,7H2,1H3,(H,22,26). The van der Waals surface area contributed by atoms with E-state index in [2.05, 4.69) is 26.1 Å². The van der Waals surface area contributed by atoms with Gasteiger partial charge in [-0.1, -0.05) is 0 Å². The van der Waals surface area contributed by atoms with Gasteiger partial charge in [0, 0.05) is 26.5 Å². The number of hydrogen-bond donors (Lipinski definition) is 1. The Kier molecular flexibility index (Phi) is 4.40. The van der Waals surface area contributed by atoms with Crippen molar-refractivity contribution in [3.05, 3.63) is 46.8 Å². The van der Waals surface area contributed by atoms with E-state index in [0.717, 1.165) is 18.4 Å². The fourth-order valence-electron chi connectivity index (χ4n) is 3.02. The van der Waals surface area contributed by atoms with Gasteiger partial charge in [-0.3, -0.25) is 4.57 Å². The maximum Gasteiger partial charge on any atom is 0.327 e. The first-order valence-corrected chi connectivity index (χ1v) is 8.53. The highest BCUT2D eigenvalue weighted by atomic mass is 16.5. The Hall–Kier alpha value is -3.51. The third-order valence-corrected chi connectivity index (χ3v) is 4.38. The molecular formula is C18H17N7O2. The molecule has 0 saturated carbocycles. The summed E-state index contributed by atoms with van der Waals surface area (Å²) in [6.45, 7) is 1.20. The van der Waals surface area contributed by atoms with Crippen molar-refractivity contribution >= 4 is 16.7 Å². The largest absolute Gasteiger partial charge is 0.385 e. The van der Waals surface area contributed by atoms with Gasteiger partial charge in [0.25, 0.3) is 0 Å². The van der Waals surface area contributed by atoms with Gasteiger partial charge in [-0.2, -0.15) is 10.4 Å². The molecule has 0 aliphatic carbocycles. The lowest BCUT2D eigenvalue weighted by Gasteiger charge is -2.04. The number of nitriles is 1. The van der Waals surface area contributed by atoms with Crippen LogP contribution in [0.2, 0.25) is 0 Å². The van der Waals surface area contributed by atoms with E-state index in [9.17, 15) is 4.79 Å². The number of pyridine rings is 1. The molecule has 0 saturated heterocycles. The first-order chi connectivity index (χ1) is 13.2. The van der Waals surface area contributed by atoms with Crippen LogP contribution in [0.4, 0.5) is 0 Å². The highest BCUT2D eigenvalue weighted by molar-refractivity contribution is 5.80. The van der Waals surface area contributed by atoms with Crippen molar-refractivity contribution in [2.75, 3.05) is 13.7 Å². The van der Waals surface area contributed by atoms with Crippen molar-refractivity contribution in [3.8, 4) is 17.5 Å². The Morgan fingerprint density at radius 1 is 1.33 bits per heavy atom. The zero-order valence-corrected chi connectivity index (χ0v) is 14.7. The Morgan fingerprint density at radius 2 is 2.22 bits per heavy atom. The number of ether oxygens (including phenoxy) is 1. The smallest absolute Gasteiger partial charge is 0.327 e. The molecule has 136 valence electrons. The van der Waals surface area contributed by atoms with Crippen LogP contribution >= 0.6 is 0 Å². The first kappa shape index (κ1) is 16.9. The molecule has 9 heteroatoms. The van der Waals surface area contributed by atoms with Gasteiger partial charge >= 0.3 is 5.69 Å². The third-order valence-electron chi connectivity index (χ3n) is 4.38. The van der Waals surface area contributed by atoms with Gasteiger partial charge in [0.2, 0.25) is 0 Å². The summed E-state index contributed by atoms with van der Waals surface area (Å²) in [7, 11) is 1.66.